The number of aromatic amines is 1. The summed E-state index contributed by atoms with van der Waals surface area (Å²) in [6.07, 6.45) is 3.96. The van der Waals surface area contributed by atoms with Gasteiger partial charge in [0.15, 0.2) is 11.6 Å². The first-order valence-electron chi connectivity index (χ1n) is 5.84. The van der Waals surface area contributed by atoms with Crippen molar-refractivity contribution in [3.63, 3.8) is 0 Å². The number of rotatable bonds is 5. The minimum Gasteiger partial charge on any atom is -0.355 e. The molecule has 0 unspecified atom stereocenters. The monoisotopic (exact) mass is 265 g/mol. The van der Waals surface area contributed by atoms with Gasteiger partial charge >= 0.3 is 0 Å². The zero-order valence-corrected chi connectivity index (χ0v) is 10.1. The Labute approximate surface area is 108 Å². The van der Waals surface area contributed by atoms with Gasteiger partial charge in [-0.15, -0.1) is 0 Å². The first-order valence-corrected chi connectivity index (χ1v) is 5.84. The molecule has 1 aromatic carbocycles. The Balaban J connectivity index is 1.79. The Morgan fingerprint density at radius 1 is 1.32 bits per heavy atom. The SMILES string of the molecule is O=C(Cc1ccc(F)c(F)c1)NCCc1ncc[nH]1. The van der Waals surface area contributed by atoms with Crippen molar-refractivity contribution >= 4 is 5.91 Å². The third-order valence-electron chi connectivity index (χ3n) is 2.59. The number of hydrogen-bond donors (Lipinski definition) is 2. The topological polar surface area (TPSA) is 57.8 Å². The molecule has 0 spiro atoms. The molecule has 0 atom stereocenters. The first kappa shape index (κ1) is 13.2. The number of hydrogen-bond acceptors (Lipinski definition) is 2. The molecule has 4 nitrogen and oxygen atoms in total. The van der Waals surface area contributed by atoms with E-state index in [0.717, 1.165) is 18.0 Å². The normalized spacial score (nSPS) is 10.4. The molecule has 0 radical (unpaired) electrons. The van der Waals surface area contributed by atoms with E-state index in [9.17, 15) is 13.6 Å². The number of nitrogens with one attached hydrogen (secondary N) is 2. The molecule has 0 saturated carbocycles. The summed E-state index contributed by atoms with van der Waals surface area (Å²) in [5.41, 5.74) is 0.439. The number of carbonyl (C=O) groups excluding carboxylic acids is 1. The van der Waals surface area contributed by atoms with Crippen LogP contribution in [0.25, 0.3) is 0 Å². The second-order valence-electron chi connectivity index (χ2n) is 4.06. The second-order valence-corrected chi connectivity index (χ2v) is 4.06. The van der Waals surface area contributed by atoms with Crippen molar-refractivity contribution in [3.8, 4) is 0 Å². The van der Waals surface area contributed by atoms with Crippen LogP contribution in [0.2, 0.25) is 0 Å². The minimum atomic E-state index is -0.944. The van der Waals surface area contributed by atoms with E-state index in [4.69, 9.17) is 0 Å². The molecule has 0 aliphatic carbocycles. The van der Waals surface area contributed by atoms with Crippen LogP contribution in [0, 0.1) is 11.6 Å². The Morgan fingerprint density at radius 2 is 2.16 bits per heavy atom. The van der Waals surface area contributed by atoms with Gasteiger partial charge in [0.05, 0.1) is 6.42 Å². The summed E-state index contributed by atoms with van der Waals surface area (Å²) in [5, 5.41) is 2.69. The van der Waals surface area contributed by atoms with Gasteiger partial charge in [-0.2, -0.15) is 0 Å². The Morgan fingerprint density at radius 3 is 2.84 bits per heavy atom. The molecule has 0 fully saturated rings. The second kappa shape index (κ2) is 6.08. The summed E-state index contributed by atoms with van der Waals surface area (Å²) in [6.45, 7) is 0.440. The van der Waals surface area contributed by atoms with Gasteiger partial charge in [-0.05, 0) is 17.7 Å². The van der Waals surface area contributed by atoms with Gasteiger partial charge in [0, 0.05) is 25.4 Å². The standard InChI is InChI=1S/C13H13F2N3O/c14-10-2-1-9(7-11(10)15)8-13(19)18-4-3-12-16-5-6-17-12/h1-2,5-7H,3-4,8H2,(H,16,17)(H,18,19). The Kier molecular flexibility index (Phi) is 4.22. The molecule has 1 amide bonds. The lowest BCUT2D eigenvalue weighted by molar-refractivity contribution is -0.120. The minimum absolute atomic E-state index is 0.0232. The van der Waals surface area contributed by atoms with Crippen LogP contribution in [0.5, 0.6) is 0 Å². The summed E-state index contributed by atoms with van der Waals surface area (Å²) < 4.78 is 25.7. The molecule has 2 rings (SSSR count). The maximum absolute atomic E-state index is 12.9. The number of nitrogens with zero attached hydrogens (tertiary/aromatic N) is 1. The highest BCUT2D eigenvalue weighted by Gasteiger charge is 2.07. The van der Waals surface area contributed by atoms with E-state index in [1.165, 1.54) is 6.07 Å². The molecule has 0 saturated heterocycles. The van der Waals surface area contributed by atoms with Crippen LogP contribution in [-0.2, 0) is 17.6 Å². The van der Waals surface area contributed by atoms with E-state index in [2.05, 4.69) is 15.3 Å². The van der Waals surface area contributed by atoms with Crippen molar-refractivity contribution in [1.82, 2.24) is 15.3 Å². The van der Waals surface area contributed by atoms with Gasteiger partial charge in [0.2, 0.25) is 5.91 Å². The molecule has 19 heavy (non-hydrogen) atoms. The van der Waals surface area contributed by atoms with Crippen molar-refractivity contribution < 1.29 is 13.6 Å². The molecule has 2 N–H and O–H groups in total. The summed E-state index contributed by atoms with van der Waals surface area (Å²) in [5.74, 6) is -1.31. The summed E-state index contributed by atoms with van der Waals surface area (Å²) in [7, 11) is 0. The van der Waals surface area contributed by atoms with Gasteiger partial charge in [-0.1, -0.05) is 6.07 Å². The molecule has 0 aliphatic heterocycles. The number of amides is 1. The van der Waals surface area contributed by atoms with Crippen LogP contribution in [0.4, 0.5) is 8.78 Å². The lowest BCUT2D eigenvalue weighted by Crippen LogP contribution is -2.27. The Hall–Kier alpha value is -2.24. The fraction of sp³-hybridized carbons (Fsp3) is 0.231. The van der Waals surface area contributed by atoms with Crippen LogP contribution >= 0.6 is 0 Å². The van der Waals surface area contributed by atoms with Crippen molar-refractivity contribution in [2.75, 3.05) is 6.54 Å². The molecule has 1 aromatic heterocycles. The predicted octanol–water partition coefficient (Wildman–Crippen LogP) is 1.59. The van der Waals surface area contributed by atoms with E-state index in [1.807, 2.05) is 0 Å². The van der Waals surface area contributed by atoms with Gasteiger partial charge in [0.25, 0.3) is 0 Å². The van der Waals surface area contributed by atoms with Gasteiger partial charge in [0.1, 0.15) is 5.82 Å². The number of H-pyrrole nitrogens is 1. The summed E-state index contributed by atoms with van der Waals surface area (Å²) >= 11 is 0. The number of imidazole rings is 1. The zero-order chi connectivity index (χ0) is 13.7. The molecule has 0 bridgehead atoms. The largest absolute Gasteiger partial charge is 0.355 e. The molecular formula is C13H13F2N3O. The molecule has 6 heteroatoms. The van der Waals surface area contributed by atoms with Crippen LogP contribution < -0.4 is 5.32 Å². The van der Waals surface area contributed by atoms with Gasteiger partial charge in [-0.3, -0.25) is 4.79 Å². The smallest absolute Gasteiger partial charge is 0.224 e. The summed E-state index contributed by atoms with van der Waals surface area (Å²) in [6, 6.07) is 3.44. The highest BCUT2D eigenvalue weighted by molar-refractivity contribution is 5.78. The van der Waals surface area contributed by atoms with E-state index in [-0.39, 0.29) is 12.3 Å². The quantitative estimate of drug-likeness (QED) is 0.862. The molecular weight excluding hydrogens is 252 g/mol. The van der Waals surface area contributed by atoms with Gasteiger partial charge < -0.3 is 10.3 Å². The number of benzene rings is 1. The van der Waals surface area contributed by atoms with Crippen molar-refractivity contribution in [3.05, 3.63) is 53.6 Å². The number of aromatic nitrogens is 2. The third kappa shape index (κ3) is 3.87. The number of carbonyl (C=O) groups is 1. The van der Waals surface area contributed by atoms with Crippen LogP contribution in [0.3, 0.4) is 0 Å². The fourth-order valence-corrected chi connectivity index (χ4v) is 1.65. The average Bonchev–Trinajstić information content (AvgIpc) is 2.87. The van der Waals surface area contributed by atoms with E-state index >= 15 is 0 Å². The number of halogens is 2. The highest BCUT2D eigenvalue weighted by atomic mass is 19.2. The van der Waals surface area contributed by atoms with Crippen molar-refractivity contribution in [1.29, 1.82) is 0 Å². The fourth-order valence-electron chi connectivity index (χ4n) is 1.65. The molecule has 2 aromatic rings. The van der Waals surface area contributed by atoms with E-state index < -0.39 is 11.6 Å². The Bertz CT molecular complexity index is 555. The van der Waals surface area contributed by atoms with Gasteiger partial charge in [-0.25, -0.2) is 13.8 Å². The van der Waals surface area contributed by atoms with E-state index in [1.54, 1.807) is 12.4 Å². The maximum Gasteiger partial charge on any atom is 0.224 e. The van der Waals surface area contributed by atoms with Crippen LogP contribution in [-0.4, -0.2) is 22.4 Å². The van der Waals surface area contributed by atoms with Crippen molar-refractivity contribution in [2.24, 2.45) is 0 Å². The van der Waals surface area contributed by atoms with E-state index in [0.29, 0.717) is 18.5 Å². The lowest BCUT2D eigenvalue weighted by atomic mass is 10.1. The first-order chi connectivity index (χ1) is 9.15. The van der Waals surface area contributed by atoms with Crippen LogP contribution in [0.1, 0.15) is 11.4 Å². The van der Waals surface area contributed by atoms with Crippen LogP contribution in [0.15, 0.2) is 30.6 Å². The molecule has 0 aliphatic rings. The summed E-state index contributed by atoms with van der Waals surface area (Å²) in [4.78, 5) is 18.5. The van der Waals surface area contributed by atoms with Crippen molar-refractivity contribution in [2.45, 2.75) is 12.8 Å². The highest BCUT2D eigenvalue weighted by Crippen LogP contribution is 2.09. The average molecular weight is 265 g/mol. The maximum atomic E-state index is 12.9. The zero-order valence-electron chi connectivity index (χ0n) is 10.1. The molecule has 100 valence electrons. The predicted molar refractivity (Wildman–Crippen MR) is 65.4 cm³/mol. The molecule has 1 heterocycles. The lowest BCUT2D eigenvalue weighted by Gasteiger charge is -2.04. The third-order valence-corrected chi connectivity index (χ3v) is 2.59.